The Bertz CT molecular complexity index is 600. The average molecular weight is 254 g/mol. The van der Waals surface area contributed by atoms with Gasteiger partial charge in [0.25, 0.3) is 0 Å². The molecule has 0 aliphatic carbocycles. The maximum Gasteiger partial charge on any atom is 0.0994 e. The Morgan fingerprint density at radius 2 is 1.89 bits per heavy atom. The monoisotopic (exact) mass is 254 g/mol. The molecule has 0 unspecified atom stereocenters. The van der Waals surface area contributed by atoms with Crippen LogP contribution < -0.4 is 5.32 Å². The van der Waals surface area contributed by atoms with Crippen LogP contribution in [0.15, 0.2) is 47.4 Å². The molecule has 0 fully saturated rings. The summed E-state index contributed by atoms with van der Waals surface area (Å²) in [4.78, 5) is 1.23. The average Bonchev–Trinajstić information content (AvgIpc) is 2.39. The molecule has 2 aromatic carbocycles. The van der Waals surface area contributed by atoms with Gasteiger partial charge in [0.05, 0.1) is 11.6 Å². The second-order valence-electron chi connectivity index (χ2n) is 4.00. The summed E-state index contributed by atoms with van der Waals surface area (Å²) < 4.78 is 0. The number of anilines is 2. The summed E-state index contributed by atoms with van der Waals surface area (Å²) in [5.74, 6) is 0. The van der Waals surface area contributed by atoms with E-state index in [1.807, 2.05) is 37.3 Å². The van der Waals surface area contributed by atoms with Crippen molar-refractivity contribution in [3.63, 3.8) is 0 Å². The lowest BCUT2D eigenvalue weighted by Crippen LogP contribution is -1.92. The van der Waals surface area contributed by atoms with E-state index in [1.165, 1.54) is 4.90 Å². The van der Waals surface area contributed by atoms with Crippen molar-refractivity contribution in [2.24, 2.45) is 0 Å². The molecule has 0 aliphatic rings. The van der Waals surface area contributed by atoms with Crippen molar-refractivity contribution < 1.29 is 0 Å². The molecule has 3 heteroatoms. The van der Waals surface area contributed by atoms with E-state index in [0.717, 1.165) is 22.5 Å². The first-order valence-electron chi connectivity index (χ1n) is 5.65. The van der Waals surface area contributed by atoms with Gasteiger partial charge in [0.1, 0.15) is 0 Å². The number of hydrogen-bond acceptors (Lipinski definition) is 3. The summed E-state index contributed by atoms with van der Waals surface area (Å²) in [6.45, 7) is 1.95. The van der Waals surface area contributed by atoms with Crippen LogP contribution in [0.3, 0.4) is 0 Å². The molecule has 2 aromatic rings. The Labute approximate surface area is 112 Å². The molecular formula is C15H14N2S. The van der Waals surface area contributed by atoms with Gasteiger partial charge in [0, 0.05) is 16.3 Å². The smallest absolute Gasteiger partial charge is 0.0994 e. The zero-order chi connectivity index (χ0) is 13.0. The molecule has 1 N–H and O–H groups in total. The van der Waals surface area contributed by atoms with Crippen molar-refractivity contribution in [3.8, 4) is 6.07 Å². The van der Waals surface area contributed by atoms with Crippen LogP contribution in [0.4, 0.5) is 11.4 Å². The first kappa shape index (κ1) is 12.5. The highest BCUT2D eigenvalue weighted by atomic mass is 32.2. The van der Waals surface area contributed by atoms with Crippen molar-refractivity contribution in [3.05, 3.63) is 53.6 Å². The molecule has 0 heterocycles. The van der Waals surface area contributed by atoms with Crippen LogP contribution >= 0.6 is 11.8 Å². The van der Waals surface area contributed by atoms with Crippen molar-refractivity contribution in [1.29, 1.82) is 5.26 Å². The summed E-state index contributed by atoms with van der Waals surface area (Å²) >= 11 is 1.72. The van der Waals surface area contributed by atoms with E-state index in [9.17, 15) is 0 Å². The van der Waals surface area contributed by atoms with Gasteiger partial charge in [-0.15, -0.1) is 11.8 Å². The summed E-state index contributed by atoms with van der Waals surface area (Å²) in [6.07, 6.45) is 2.06. The SMILES string of the molecule is CSc1cccc(Nc2ccc(C#N)c(C)c2)c1. The van der Waals surface area contributed by atoms with Crippen LogP contribution in [0, 0.1) is 18.3 Å². The quantitative estimate of drug-likeness (QED) is 0.828. The minimum atomic E-state index is 0.721. The van der Waals surface area contributed by atoms with Crippen LogP contribution in [0.1, 0.15) is 11.1 Å². The van der Waals surface area contributed by atoms with Crippen molar-refractivity contribution in [1.82, 2.24) is 0 Å². The number of nitrogens with zero attached hydrogens (tertiary/aromatic N) is 1. The minimum absolute atomic E-state index is 0.721. The summed E-state index contributed by atoms with van der Waals surface area (Å²) in [5, 5.41) is 12.2. The van der Waals surface area contributed by atoms with E-state index in [0.29, 0.717) is 0 Å². The van der Waals surface area contributed by atoms with Crippen LogP contribution in [0.5, 0.6) is 0 Å². The summed E-state index contributed by atoms with van der Waals surface area (Å²) in [5.41, 5.74) is 3.78. The third-order valence-corrected chi connectivity index (χ3v) is 3.43. The Hall–Kier alpha value is -1.92. The minimum Gasteiger partial charge on any atom is -0.355 e. The van der Waals surface area contributed by atoms with E-state index >= 15 is 0 Å². The molecule has 0 amide bonds. The highest BCUT2D eigenvalue weighted by Crippen LogP contribution is 2.23. The Balaban J connectivity index is 2.23. The van der Waals surface area contributed by atoms with E-state index in [1.54, 1.807) is 11.8 Å². The zero-order valence-corrected chi connectivity index (χ0v) is 11.2. The number of benzene rings is 2. The van der Waals surface area contributed by atoms with Gasteiger partial charge in [-0.2, -0.15) is 5.26 Å². The summed E-state index contributed by atoms with van der Waals surface area (Å²) in [6, 6.07) is 16.2. The molecule has 2 rings (SSSR count). The lowest BCUT2D eigenvalue weighted by Gasteiger charge is -2.09. The number of rotatable bonds is 3. The number of thioether (sulfide) groups is 1. The highest BCUT2D eigenvalue weighted by molar-refractivity contribution is 7.98. The van der Waals surface area contributed by atoms with Crippen molar-refractivity contribution in [2.45, 2.75) is 11.8 Å². The van der Waals surface area contributed by atoms with Crippen LogP contribution in [-0.2, 0) is 0 Å². The van der Waals surface area contributed by atoms with E-state index < -0.39 is 0 Å². The van der Waals surface area contributed by atoms with Gasteiger partial charge in [0.2, 0.25) is 0 Å². The highest BCUT2D eigenvalue weighted by Gasteiger charge is 2.00. The van der Waals surface area contributed by atoms with E-state index in [2.05, 4.69) is 29.8 Å². The molecule has 2 nitrogen and oxygen atoms in total. The molecule has 0 saturated carbocycles. The fraction of sp³-hybridized carbons (Fsp3) is 0.133. The van der Waals surface area contributed by atoms with Gasteiger partial charge < -0.3 is 5.32 Å². The van der Waals surface area contributed by atoms with Gasteiger partial charge in [-0.1, -0.05) is 6.07 Å². The van der Waals surface area contributed by atoms with Gasteiger partial charge in [-0.05, 0) is 55.1 Å². The first-order valence-corrected chi connectivity index (χ1v) is 6.87. The first-order chi connectivity index (χ1) is 8.72. The van der Waals surface area contributed by atoms with Gasteiger partial charge in [-0.3, -0.25) is 0 Å². The predicted molar refractivity (Wildman–Crippen MR) is 77.4 cm³/mol. The zero-order valence-electron chi connectivity index (χ0n) is 10.4. The second kappa shape index (κ2) is 5.61. The van der Waals surface area contributed by atoms with Gasteiger partial charge in [-0.25, -0.2) is 0 Å². The molecule has 18 heavy (non-hydrogen) atoms. The van der Waals surface area contributed by atoms with E-state index in [-0.39, 0.29) is 0 Å². The second-order valence-corrected chi connectivity index (χ2v) is 4.88. The Morgan fingerprint density at radius 1 is 1.11 bits per heavy atom. The largest absolute Gasteiger partial charge is 0.355 e. The number of nitrogens with one attached hydrogen (secondary N) is 1. The van der Waals surface area contributed by atoms with Crippen LogP contribution in [-0.4, -0.2) is 6.26 Å². The number of aryl methyl sites for hydroxylation is 1. The maximum atomic E-state index is 8.89. The van der Waals surface area contributed by atoms with Gasteiger partial charge >= 0.3 is 0 Å². The molecule has 0 saturated heterocycles. The van der Waals surface area contributed by atoms with Gasteiger partial charge in [0.15, 0.2) is 0 Å². The normalized spacial score (nSPS) is 9.83. The summed E-state index contributed by atoms with van der Waals surface area (Å²) in [7, 11) is 0. The van der Waals surface area contributed by atoms with E-state index in [4.69, 9.17) is 5.26 Å². The standard InChI is InChI=1S/C15H14N2S/c1-11-8-14(7-6-12(11)10-16)17-13-4-3-5-15(9-13)18-2/h3-9,17H,1-2H3. The fourth-order valence-corrected chi connectivity index (χ4v) is 2.19. The lowest BCUT2D eigenvalue weighted by molar-refractivity contribution is 1.38. The molecule has 90 valence electrons. The van der Waals surface area contributed by atoms with Crippen molar-refractivity contribution in [2.75, 3.05) is 11.6 Å². The maximum absolute atomic E-state index is 8.89. The predicted octanol–water partition coefficient (Wildman–Crippen LogP) is 4.33. The molecule has 0 bridgehead atoms. The molecule has 0 radical (unpaired) electrons. The Kier molecular flexibility index (Phi) is 3.91. The lowest BCUT2D eigenvalue weighted by atomic mass is 10.1. The topological polar surface area (TPSA) is 35.8 Å². The number of hydrogen-bond donors (Lipinski definition) is 1. The fourth-order valence-electron chi connectivity index (χ4n) is 1.73. The molecule has 0 aliphatic heterocycles. The number of nitriles is 1. The molecule has 0 atom stereocenters. The molecule has 0 spiro atoms. The third-order valence-electron chi connectivity index (χ3n) is 2.71. The van der Waals surface area contributed by atoms with Crippen LogP contribution in [0.2, 0.25) is 0 Å². The van der Waals surface area contributed by atoms with Crippen molar-refractivity contribution >= 4 is 23.1 Å². The third kappa shape index (κ3) is 2.85. The molecule has 0 aromatic heterocycles. The molecular weight excluding hydrogens is 240 g/mol. The van der Waals surface area contributed by atoms with Crippen LogP contribution in [0.25, 0.3) is 0 Å². The Morgan fingerprint density at radius 3 is 2.56 bits per heavy atom.